The first-order valence-corrected chi connectivity index (χ1v) is 8.38. The SMILES string of the molecule is Cn1c(O)cn(CC#Cc2ccc3c(nnn3CC3CC3)c2Cl)c1=O. The van der Waals surface area contributed by atoms with Crippen LogP contribution in [0.3, 0.4) is 0 Å². The number of aromatic hydroxyl groups is 1. The Kier molecular flexibility index (Phi) is 3.77. The van der Waals surface area contributed by atoms with E-state index in [0.717, 1.165) is 16.6 Å². The summed E-state index contributed by atoms with van der Waals surface area (Å²) in [4.78, 5) is 11.8. The Morgan fingerprint density at radius 3 is 2.88 bits per heavy atom. The first-order chi connectivity index (χ1) is 12.0. The van der Waals surface area contributed by atoms with E-state index < -0.39 is 0 Å². The summed E-state index contributed by atoms with van der Waals surface area (Å²) in [5.41, 5.74) is 1.87. The minimum absolute atomic E-state index is 0.0986. The fourth-order valence-electron chi connectivity index (χ4n) is 2.69. The molecule has 0 bridgehead atoms. The van der Waals surface area contributed by atoms with Crippen molar-refractivity contribution in [3.63, 3.8) is 0 Å². The monoisotopic (exact) mass is 357 g/mol. The number of imidazole rings is 1. The van der Waals surface area contributed by atoms with Gasteiger partial charge in [-0.25, -0.2) is 9.48 Å². The normalized spacial score (nSPS) is 13.8. The Morgan fingerprint density at radius 2 is 2.20 bits per heavy atom. The molecule has 1 aliphatic rings. The molecule has 128 valence electrons. The van der Waals surface area contributed by atoms with Crippen LogP contribution in [-0.2, 0) is 20.1 Å². The summed E-state index contributed by atoms with van der Waals surface area (Å²) >= 11 is 6.42. The molecule has 4 rings (SSSR count). The molecule has 0 aliphatic heterocycles. The predicted molar refractivity (Wildman–Crippen MR) is 93.5 cm³/mol. The minimum atomic E-state index is -0.323. The van der Waals surface area contributed by atoms with Gasteiger partial charge < -0.3 is 5.11 Å². The Balaban J connectivity index is 1.60. The van der Waals surface area contributed by atoms with Crippen LogP contribution in [0.1, 0.15) is 18.4 Å². The molecule has 25 heavy (non-hydrogen) atoms. The van der Waals surface area contributed by atoms with Gasteiger partial charge in [-0.2, -0.15) is 0 Å². The van der Waals surface area contributed by atoms with Crippen molar-refractivity contribution < 1.29 is 5.11 Å². The second-order valence-electron chi connectivity index (χ2n) is 6.27. The molecule has 0 amide bonds. The van der Waals surface area contributed by atoms with Crippen molar-refractivity contribution in [2.24, 2.45) is 13.0 Å². The highest BCUT2D eigenvalue weighted by Crippen LogP contribution is 2.32. The zero-order valence-electron chi connectivity index (χ0n) is 13.6. The molecule has 1 aliphatic carbocycles. The lowest BCUT2D eigenvalue weighted by Gasteiger charge is -2.01. The van der Waals surface area contributed by atoms with Crippen molar-refractivity contribution in [1.29, 1.82) is 0 Å². The maximum atomic E-state index is 11.8. The zero-order chi connectivity index (χ0) is 17.6. The van der Waals surface area contributed by atoms with E-state index in [4.69, 9.17) is 11.6 Å². The van der Waals surface area contributed by atoms with Crippen LogP contribution in [0.5, 0.6) is 5.88 Å². The number of benzene rings is 1. The van der Waals surface area contributed by atoms with Gasteiger partial charge in [0.15, 0.2) is 0 Å². The molecule has 1 fully saturated rings. The van der Waals surface area contributed by atoms with Crippen molar-refractivity contribution in [3.8, 4) is 17.7 Å². The van der Waals surface area contributed by atoms with Crippen molar-refractivity contribution >= 4 is 22.6 Å². The summed E-state index contributed by atoms with van der Waals surface area (Å²) in [5, 5.41) is 18.4. The van der Waals surface area contributed by atoms with E-state index in [1.165, 1.54) is 30.7 Å². The predicted octanol–water partition coefficient (Wildman–Crippen LogP) is 1.75. The highest BCUT2D eigenvalue weighted by atomic mass is 35.5. The number of rotatable bonds is 3. The standard InChI is InChI=1S/C17H16ClN5O2/c1-21-14(24)10-22(17(21)25)8-2-3-12-6-7-13-16(15(12)18)19-20-23(13)9-11-4-5-11/h6-7,10-11,24H,4-5,8-9H2,1H3. The summed E-state index contributed by atoms with van der Waals surface area (Å²) in [5.74, 6) is 6.46. The molecule has 3 aromatic rings. The quantitative estimate of drug-likeness (QED) is 0.724. The molecule has 0 unspecified atom stereocenters. The van der Waals surface area contributed by atoms with Gasteiger partial charge in [-0.05, 0) is 30.9 Å². The Bertz CT molecular complexity index is 1080. The summed E-state index contributed by atoms with van der Waals surface area (Å²) in [6.45, 7) is 1.04. The first-order valence-electron chi connectivity index (χ1n) is 8.00. The molecule has 0 atom stereocenters. The smallest absolute Gasteiger partial charge is 0.331 e. The number of hydrogen-bond donors (Lipinski definition) is 1. The second kappa shape index (κ2) is 5.97. The van der Waals surface area contributed by atoms with Crippen molar-refractivity contribution in [3.05, 3.63) is 39.4 Å². The molecule has 2 heterocycles. The fourth-order valence-corrected chi connectivity index (χ4v) is 2.93. The summed E-state index contributed by atoms with van der Waals surface area (Å²) in [7, 11) is 1.50. The van der Waals surface area contributed by atoms with E-state index >= 15 is 0 Å². The van der Waals surface area contributed by atoms with Crippen molar-refractivity contribution in [1.82, 2.24) is 24.1 Å². The molecule has 1 saturated carbocycles. The molecular formula is C17H16ClN5O2. The largest absolute Gasteiger partial charge is 0.493 e. The molecule has 1 N–H and O–H groups in total. The molecule has 0 radical (unpaired) electrons. The van der Waals surface area contributed by atoms with Gasteiger partial charge in [0.2, 0.25) is 5.88 Å². The Labute approximate surface area is 148 Å². The van der Waals surface area contributed by atoms with E-state index in [-0.39, 0.29) is 18.1 Å². The first kappa shape index (κ1) is 15.8. The highest BCUT2D eigenvalue weighted by molar-refractivity contribution is 6.36. The van der Waals surface area contributed by atoms with Gasteiger partial charge in [0, 0.05) is 19.2 Å². The van der Waals surface area contributed by atoms with Crippen LogP contribution in [-0.4, -0.2) is 29.2 Å². The van der Waals surface area contributed by atoms with Crippen molar-refractivity contribution in [2.45, 2.75) is 25.9 Å². The van der Waals surface area contributed by atoms with Crippen LogP contribution in [0.15, 0.2) is 23.1 Å². The van der Waals surface area contributed by atoms with E-state index in [0.29, 0.717) is 22.0 Å². The molecular weight excluding hydrogens is 342 g/mol. The van der Waals surface area contributed by atoms with Crippen LogP contribution in [0, 0.1) is 17.8 Å². The van der Waals surface area contributed by atoms with Crippen LogP contribution in [0.2, 0.25) is 5.02 Å². The molecule has 0 spiro atoms. The second-order valence-corrected chi connectivity index (χ2v) is 6.65. The Morgan fingerprint density at radius 1 is 1.40 bits per heavy atom. The topological polar surface area (TPSA) is 77.9 Å². The maximum absolute atomic E-state index is 11.8. The molecule has 8 heteroatoms. The maximum Gasteiger partial charge on any atom is 0.331 e. The number of hydrogen-bond acceptors (Lipinski definition) is 4. The lowest BCUT2D eigenvalue weighted by atomic mass is 10.2. The fraction of sp³-hybridized carbons (Fsp3) is 0.353. The number of fused-ring (bicyclic) bond motifs is 1. The number of aromatic nitrogens is 5. The van der Waals surface area contributed by atoms with Gasteiger partial charge in [-0.3, -0.25) is 9.13 Å². The molecule has 1 aromatic carbocycles. The third kappa shape index (κ3) is 2.89. The average molecular weight is 358 g/mol. The van der Waals surface area contributed by atoms with Gasteiger partial charge in [-0.15, -0.1) is 5.10 Å². The zero-order valence-corrected chi connectivity index (χ0v) is 14.4. The summed E-state index contributed by atoms with van der Waals surface area (Å²) in [6.07, 6.45) is 3.84. The van der Waals surface area contributed by atoms with E-state index in [1.807, 2.05) is 16.8 Å². The van der Waals surface area contributed by atoms with E-state index in [9.17, 15) is 9.90 Å². The lowest BCUT2D eigenvalue weighted by Crippen LogP contribution is -2.21. The summed E-state index contributed by atoms with van der Waals surface area (Å²) in [6, 6.07) is 3.77. The number of nitrogens with zero attached hydrogens (tertiary/aromatic N) is 5. The lowest BCUT2D eigenvalue weighted by molar-refractivity contribution is 0.429. The third-order valence-electron chi connectivity index (χ3n) is 4.37. The van der Waals surface area contributed by atoms with Crippen LogP contribution in [0.25, 0.3) is 11.0 Å². The molecule has 0 saturated heterocycles. The third-order valence-corrected chi connectivity index (χ3v) is 4.76. The van der Waals surface area contributed by atoms with Gasteiger partial charge in [0.25, 0.3) is 0 Å². The molecule has 7 nitrogen and oxygen atoms in total. The van der Waals surface area contributed by atoms with Crippen molar-refractivity contribution in [2.75, 3.05) is 0 Å². The average Bonchev–Trinajstić information content (AvgIpc) is 3.27. The van der Waals surface area contributed by atoms with Crippen LogP contribution >= 0.6 is 11.6 Å². The minimum Gasteiger partial charge on any atom is -0.493 e. The van der Waals surface area contributed by atoms with Gasteiger partial charge >= 0.3 is 5.69 Å². The van der Waals surface area contributed by atoms with Crippen LogP contribution in [0.4, 0.5) is 0 Å². The van der Waals surface area contributed by atoms with Crippen LogP contribution < -0.4 is 5.69 Å². The summed E-state index contributed by atoms with van der Waals surface area (Å²) < 4.78 is 4.38. The van der Waals surface area contributed by atoms with Gasteiger partial charge in [0.1, 0.15) is 5.52 Å². The number of halogens is 1. The highest BCUT2D eigenvalue weighted by Gasteiger charge is 2.23. The van der Waals surface area contributed by atoms with Gasteiger partial charge in [0.05, 0.1) is 23.3 Å². The van der Waals surface area contributed by atoms with Gasteiger partial charge in [-0.1, -0.05) is 28.7 Å². The van der Waals surface area contributed by atoms with E-state index in [1.54, 1.807) is 0 Å². The van der Waals surface area contributed by atoms with E-state index in [2.05, 4.69) is 22.2 Å². The Hall–Kier alpha value is -2.72. The molecule has 2 aromatic heterocycles.